The fourth-order valence-corrected chi connectivity index (χ4v) is 5.35. The van der Waals surface area contributed by atoms with Crippen LogP contribution in [0.3, 0.4) is 0 Å². The predicted molar refractivity (Wildman–Crippen MR) is 133 cm³/mol. The topological polar surface area (TPSA) is 153 Å². The van der Waals surface area contributed by atoms with E-state index in [0.29, 0.717) is 6.42 Å². The van der Waals surface area contributed by atoms with E-state index in [1.165, 1.54) is 0 Å². The van der Waals surface area contributed by atoms with Crippen molar-refractivity contribution in [3.8, 4) is 0 Å². The Hall–Kier alpha value is -1.43. The molecule has 3 aliphatic rings. The first-order valence-corrected chi connectivity index (χ1v) is 13.1. The van der Waals surface area contributed by atoms with Crippen molar-refractivity contribution >= 4 is 6.09 Å². The van der Waals surface area contributed by atoms with Gasteiger partial charge < -0.3 is 45.3 Å². The Morgan fingerprint density at radius 3 is 2.56 bits per heavy atom. The lowest BCUT2D eigenvalue weighted by Gasteiger charge is -2.50. The average molecular weight is 515 g/mol. The molecule has 36 heavy (non-hydrogen) atoms. The SMILES string of the molecule is CCC1=CCC(C)C(C2C(NC(=O)OC(C)(C)C)CC(N)C(OC3OCC(C)(O)C(C)C3O)C2O)O1. The molecule has 1 amide bonds. The first-order valence-electron chi connectivity index (χ1n) is 13.1. The molecular weight excluding hydrogens is 468 g/mol. The molecule has 0 spiro atoms. The van der Waals surface area contributed by atoms with E-state index in [4.69, 9.17) is 24.7 Å². The van der Waals surface area contributed by atoms with Gasteiger partial charge in [-0.2, -0.15) is 0 Å². The molecule has 0 aromatic rings. The van der Waals surface area contributed by atoms with Gasteiger partial charge in [0.1, 0.15) is 23.9 Å². The Balaban J connectivity index is 1.85. The third-order valence-electron chi connectivity index (χ3n) is 7.74. The standard InChI is InChI=1S/C26H46N2O8/c1-8-15-10-9-13(2)21(34-15)18-17(28-24(31)36-25(4,5)6)11-16(27)22(20(18)30)35-23-19(29)14(3)26(7,32)12-33-23/h10,13-14,16-23,29-30,32H,8-9,11-12,27H2,1-7H3,(H,28,31). The van der Waals surface area contributed by atoms with Crippen LogP contribution in [0, 0.1) is 17.8 Å². The minimum absolute atomic E-state index is 0.0202. The highest BCUT2D eigenvalue weighted by atomic mass is 16.7. The molecule has 2 fully saturated rings. The number of rotatable bonds is 5. The summed E-state index contributed by atoms with van der Waals surface area (Å²) in [6.07, 6.45) is -1.28. The Kier molecular flexibility index (Phi) is 9.00. The maximum Gasteiger partial charge on any atom is 0.407 e. The number of amides is 1. The second-order valence-electron chi connectivity index (χ2n) is 12.0. The number of hydrogen-bond acceptors (Lipinski definition) is 9. The lowest BCUT2D eigenvalue weighted by Crippen LogP contribution is -2.66. The summed E-state index contributed by atoms with van der Waals surface area (Å²) in [5.74, 6) is -0.140. The Morgan fingerprint density at radius 1 is 1.28 bits per heavy atom. The summed E-state index contributed by atoms with van der Waals surface area (Å²) in [6.45, 7) is 12.7. The molecule has 11 unspecified atom stereocenters. The van der Waals surface area contributed by atoms with Crippen LogP contribution in [-0.2, 0) is 18.9 Å². The highest BCUT2D eigenvalue weighted by Gasteiger charge is 2.53. The van der Waals surface area contributed by atoms with Crippen molar-refractivity contribution in [1.82, 2.24) is 5.32 Å². The zero-order chi connectivity index (χ0) is 27.0. The molecule has 10 nitrogen and oxygen atoms in total. The highest BCUT2D eigenvalue weighted by Crippen LogP contribution is 2.39. The Labute approximate surface area is 214 Å². The fraction of sp³-hybridized carbons (Fsp3) is 0.885. The van der Waals surface area contributed by atoms with Crippen LogP contribution in [-0.4, -0.2) is 82.0 Å². The number of carbonyl (C=O) groups excluding carboxylic acids is 1. The Bertz CT molecular complexity index is 797. The summed E-state index contributed by atoms with van der Waals surface area (Å²) in [5.41, 5.74) is 4.59. The Morgan fingerprint density at radius 2 is 1.94 bits per heavy atom. The molecular formula is C26H46N2O8. The molecule has 208 valence electrons. The number of ether oxygens (including phenoxy) is 4. The van der Waals surface area contributed by atoms with E-state index in [-0.39, 0.29) is 12.5 Å². The molecule has 0 bridgehead atoms. The maximum atomic E-state index is 12.7. The van der Waals surface area contributed by atoms with Crippen molar-refractivity contribution in [2.45, 2.75) is 122 Å². The van der Waals surface area contributed by atoms with Gasteiger partial charge in [0.25, 0.3) is 0 Å². The summed E-state index contributed by atoms with van der Waals surface area (Å²) in [7, 11) is 0. The van der Waals surface area contributed by atoms with Crippen molar-refractivity contribution in [3.63, 3.8) is 0 Å². The van der Waals surface area contributed by atoms with Crippen molar-refractivity contribution in [3.05, 3.63) is 11.8 Å². The average Bonchev–Trinajstić information content (AvgIpc) is 2.76. The van der Waals surface area contributed by atoms with E-state index >= 15 is 0 Å². The van der Waals surface area contributed by atoms with Gasteiger partial charge in [-0.1, -0.05) is 20.8 Å². The molecule has 3 rings (SSSR count). The summed E-state index contributed by atoms with van der Waals surface area (Å²) >= 11 is 0. The minimum atomic E-state index is -1.20. The lowest BCUT2D eigenvalue weighted by atomic mass is 9.71. The lowest BCUT2D eigenvalue weighted by molar-refractivity contribution is -0.305. The fourth-order valence-electron chi connectivity index (χ4n) is 5.35. The van der Waals surface area contributed by atoms with E-state index in [1.807, 2.05) is 13.8 Å². The summed E-state index contributed by atoms with van der Waals surface area (Å²) in [5, 5.41) is 35.7. The van der Waals surface area contributed by atoms with Crippen molar-refractivity contribution in [1.29, 1.82) is 0 Å². The van der Waals surface area contributed by atoms with Crippen LogP contribution in [0.4, 0.5) is 4.79 Å². The third kappa shape index (κ3) is 6.52. The van der Waals surface area contributed by atoms with Crippen LogP contribution in [0.15, 0.2) is 11.8 Å². The quantitative estimate of drug-likeness (QED) is 0.370. The molecule has 2 aliphatic heterocycles. The van der Waals surface area contributed by atoms with E-state index < -0.39 is 71.9 Å². The van der Waals surface area contributed by atoms with Gasteiger partial charge in [-0.25, -0.2) is 4.79 Å². The largest absolute Gasteiger partial charge is 0.494 e. The molecule has 1 saturated carbocycles. The normalized spacial score (nSPS) is 43.8. The summed E-state index contributed by atoms with van der Waals surface area (Å²) in [6, 6.07) is -1.19. The third-order valence-corrected chi connectivity index (χ3v) is 7.74. The number of allylic oxidation sites excluding steroid dienone is 2. The number of hydrogen-bond donors (Lipinski definition) is 5. The van der Waals surface area contributed by atoms with Crippen LogP contribution >= 0.6 is 0 Å². The zero-order valence-corrected chi connectivity index (χ0v) is 22.6. The van der Waals surface area contributed by atoms with Crippen LogP contribution in [0.2, 0.25) is 0 Å². The van der Waals surface area contributed by atoms with Crippen LogP contribution in [0.1, 0.15) is 67.7 Å². The first kappa shape index (κ1) is 29.1. The van der Waals surface area contributed by atoms with Crippen LogP contribution in [0.5, 0.6) is 0 Å². The number of nitrogens with one attached hydrogen (secondary N) is 1. The molecule has 0 aromatic heterocycles. The second-order valence-corrected chi connectivity index (χ2v) is 12.0. The van der Waals surface area contributed by atoms with Gasteiger partial charge in [0, 0.05) is 30.3 Å². The van der Waals surface area contributed by atoms with E-state index in [9.17, 15) is 20.1 Å². The molecule has 1 aliphatic carbocycles. The van der Waals surface area contributed by atoms with Gasteiger partial charge >= 0.3 is 6.09 Å². The van der Waals surface area contributed by atoms with E-state index in [0.717, 1.165) is 18.6 Å². The van der Waals surface area contributed by atoms with Gasteiger partial charge in [0.2, 0.25) is 0 Å². The van der Waals surface area contributed by atoms with Crippen LogP contribution < -0.4 is 11.1 Å². The number of aliphatic hydroxyl groups excluding tert-OH is 2. The first-order chi connectivity index (χ1) is 16.6. The van der Waals surface area contributed by atoms with E-state index in [1.54, 1.807) is 34.6 Å². The van der Waals surface area contributed by atoms with E-state index in [2.05, 4.69) is 11.4 Å². The molecule has 2 heterocycles. The smallest absolute Gasteiger partial charge is 0.407 e. The summed E-state index contributed by atoms with van der Waals surface area (Å²) in [4.78, 5) is 12.7. The maximum absolute atomic E-state index is 12.7. The predicted octanol–water partition coefficient (Wildman–Crippen LogP) is 1.80. The van der Waals surface area contributed by atoms with Crippen molar-refractivity contribution < 1.29 is 39.1 Å². The molecule has 6 N–H and O–H groups in total. The number of aliphatic hydroxyl groups is 3. The van der Waals surface area contributed by atoms with Gasteiger partial charge in [-0.05, 0) is 52.5 Å². The molecule has 0 radical (unpaired) electrons. The second kappa shape index (κ2) is 11.1. The molecule has 0 aromatic carbocycles. The van der Waals surface area contributed by atoms with Crippen LogP contribution in [0.25, 0.3) is 0 Å². The van der Waals surface area contributed by atoms with Gasteiger partial charge in [-0.15, -0.1) is 0 Å². The van der Waals surface area contributed by atoms with Crippen molar-refractivity contribution in [2.75, 3.05) is 6.61 Å². The van der Waals surface area contributed by atoms with Crippen molar-refractivity contribution in [2.24, 2.45) is 23.5 Å². The zero-order valence-electron chi connectivity index (χ0n) is 22.6. The number of carbonyl (C=O) groups is 1. The minimum Gasteiger partial charge on any atom is -0.494 e. The summed E-state index contributed by atoms with van der Waals surface area (Å²) < 4.78 is 23.5. The number of alkyl carbamates (subject to hydrolysis) is 1. The molecule has 1 saturated heterocycles. The highest BCUT2D eigenvalue weighted by molar-refractivity contribution is 5.68. The molecule has 10 heteroatoms. The monoisotopic (exact) mass is 514 g/mol. The molecule has 11 atom stereocenters. The van der Waals surface area contributed by atoms with Gasteiger partial charge in [0.15, 0.2) is 6.29 Å². The van der Waals surface area contributed by atoms with Gasteiger partial charge in [0.05, 0.1) is 24.1 Å². The van der Waals surface area contributed by atoms with Gasteiger partial charge in [-0.3, -0.25) is 0 Å². The number of nitrogens with two attached hydrogens (primary N) is 1.